The Bertz CT molecular complexity index is 581. The van der Waals surface area contributed by atoms with E-state index in [-0.39, 0.29) is 11.9 Å². The lowest BCUT2D eigenvalue weighted by atomic mass is 10.2. The van der Waals surface area contributed by atoms with E-state index in [0.717, 1.165) is 5.56 Å². The number of aromatic nitrogens is 1. The Hall–Kier alpha value is -1.98. The number of rotatable bonds is 6. The molecule has 5 heteroatoms. The topological polar surface area (TPSA) is 45.2 Å². The molecule has 0 bridgehead atoms. The first-order valence-corrected chi connectivity index (χ1v) is 7.67. The normalized spacial score (nSPS) is 12.7. The minimum absolute atomic E-state index is 0.0411. The SMILES string of the molecule is C[C@H](C(=O)Nc1nccs1)N(C)C/C=C/c1ccccc1. The minimum Gasteiger partial charge on any atom is -0.301 e. The molecule has 0 aliphatic carbocycles. The van der Waals surface area contributed by atoms with Crippen molar-refractivity contribution in [3.05, 3.63) is 53.5 Å². The molecule has 110 valence electrons. The predicted octanol–water partition coefficient (Wildman–Crippen LogP) is 3.12. The van der Waals surface area contributed by atoms with E-state index in [9.17, 15) is 4.79 Å². The number of benzene rings is 1. The second-order valence-corrected chi connectivity index (χ2v) is 5.65. The van der Waals surface area contributed by atoms with Gasteiger partial charge in [0.1, 0.15) is 0 Å². The van der Waals surface area contributed by atoms with Gasteiger partial charge in [0.05, 0.1) is 6.04 Å². The molecule has 0 aliphatic rings. The lowest BCUT2D eigenvalue weighted by molar-refractivity contribution is -0.120. The summed E-state index contributed by atoms with van der Waals surface area (Å²) in [4.78, 5) is 18.1. The summed E-state index contributed by atoms with van der Waals surface area (Å²) in [7, 11) is 1.93. The van der Waals surface area contributed by atoms with Gasteiger partial charge < -0.3 is 5.32 Å². The first-order valence-electron chi connectivity index (χ1n) is 6.79. The van der Waals surface area contributed by atoms with Gasteiger partial charge in [-0.05, 0) is 19.5 Å². The van der Waals surface area contributed by atoms with Gasteiger partial charge in [0.25, 0.3) is 0 Å². The van der Waals surface area contributed by atoms with Crippen molar-refractivity contribution in [2.24, 2.45) is 0 Å². The van der Waals surface area contributed by atoms with Crippen LogP contribution in [-0.2, 0) is 4.79 Å². The average molecular weight is 301 g/mol. The molecule has 1 amide bonds. The monoisotopic (exact) mass is 301 g/mol. The van der Waals surface area contributed by atoms with Crippen LogP contribution in [0.4, 0.5) is 5.13 Å². The van der Waals surface area contributed by atoms with Crippen LogP contribution in [0.3, 0.4) is 0 Å². The molecule has 1 N–H and O–H groups in total. The molecule has 0 spiro atoms. The number of anilines is 1. The maximum atomic E-state index is 12.1. The zero-order valence-corrected chi connectivity index (χ0v) is 13.0. The van der Waals surface area contributed by atoms with Gasteiger partial charge >= 0.3 is 0 Å². The Morgan fingerprint density at radius 1 is 1.43 bits per heavy atom. The zero-order chi connectivity index (χ0) is 15.1. The number of hydrogen-bond donors (Lipinski definition) is 1. The summed E-state index contributed by atoms with van der Waals surface area (Å²) >= 11 is 1.42. The maximum Gasteiger partial charge on any atom is 0.243 e. The quantitative estimate of drug-likeness (QED) is 0.891. The third-order valence-electron chi connectivity index (χ3n) is 3.21. The van der Waals surface area contributed by atoms with Crippen molar-refractivity contribution in [1.82, 2.24) is 9.88 Å². The number of carbonyl (C=O) groups excluding carboxylic acids is 1. The number of thiazole rings is 1. The number of hydrogen-bond acceptors (Lipinski definition) is 4. The molecule has 0 unspecified atom stereocenters. The van der Waals surface area contributed by atoms with E-state index in [4.69, 9.17) is 0 Å². The lowest BCUT2D eigenvalue weighted by Crippen LogP contribution is -2.39. The molecule has 1 atom stereocenters. The second kappa shape index (κ2) is 7.71. The molecule has 2 rings (SSSR count). The van der Waals surface area contributed by atoms with Crippen LogP contribution >= 0.6 is 11.3 Å². The van der Waals surface area contributed by atoms with Crippen LogP contribution in [0.25, 0.3) is 6.08 Å². The first-order chi connectivity index (χ1) is 10.2. The third kappa shape index (κ3) is 4.81. The van der Waals surface area contributed by atoms with Gasteiger partial charge in [-0.1, -0.05) is 42.5 Å². The van der Waals surface area contributed by atoms with Crippen molar-refractivity contribution >= 4 is 28.5 Å². The summed E-state index contributed by atoms with van der Waals surface area (Å²) in [6, 6.07) is 9.90. The average Bonchev–Trinajstić information content (AvgIpc) is 3.00. The number of carbonyl (C=O) groups is 1. The molecule has 1 aromatic carbocycles. The summed E-state index contributed by atoms with van der Waals surface area (Å²) < 4.78 is 0. The number of likely N-dealkylation sites (N-methyl/N-ethyl adjacent to an activating group) is 1. The summed E-state index contributed by atoms with van der Waals surface area (Å²) in [5.41, 5.74) is 1.16. The van der Waals surface area contributed by atoms with Gasteiger partial charge in [-0.25, -0.2) is 4.98 Å². The van der Waals surface area contributed by atoms with Crippen LogP contribution in [0, 0.1) is 0 Å². The van der Waals surface area contributed by atoms with Gasteiger partial charge in [0, 0.05) is 18.1 Å². The predicted molar refractivity (Wildman–Crippen MR) is 88.3 cm³/mol. The second-order valence-electron chi connectivity index (χ2n) is 4.76. The van der Waals surface area contributed by atoms with Gasteiger partial charge in [0.15, 0.2) is 5.13 Å². The van der Waals surface area contributed by atoms with E-state index in [1.54, 1.807) is 6.20 Å². The van der Waals surface area contributed by atoms with E-state index in [0.29, 0.717) is 11.7 Å². The van der Waals surface area contributed by atoms with Crippen LogP contribution in [0.2, 0.25) is 0 Å². The van der Waals surface area contributed by atoms with E-state index >= 15 is 0 Å². The molecule has 0 fully saturated rings. The van der Waals surface area contributed by atoms with Crippen molar-refractivity contribution in [2.75, 3.05) is 18.9 Å². The molecule has 2 aromatic rings. The highest BCUT2D eigenvalue weighted by molar-refractivity contribution is 7.13. The smallest absolute Gasteiger partial charge is 0.243 e. The standard InChI is InChI=1S/C16H19N3OS/c1-13(15(20)18-16-17-10-12-21-16)19(2)11-6-9-14-7-4-3-5-8-14/h3-10,12-13H,11H2,1-2H3,(H,17,18,20)/b9-6+/t13-/m1/s1. The van der Waals surface area contributed by atoms with Crippen LogP contribution in [0.1, 0.15) is 12.5 Å². The van der Waals surface area contributed by atoms with Crippen molar-refractivity contribution in [3.63, 3.8) is 0 Å². The Morgan fingerprint density at radius 2 is 2.19 bits per heavy atom. The van der Waals surface area contributed by atoms with E-state index in [1.807, 2.05) is 42.5 Å². The largest absolute Gasteiger partial charge is 0.301 e. The fraction of sp³-hybridized carbons (Fsp3) is 0.250. The van der Waals surface area contributed by atoms with Crippen LogP contribution < -0.4 is 5.32 Å². The maximum absolute atomic E-state index is 12.1. The molecule has 0 aliphatic heterocycles. The molecule has 1 aromatic heterocycles. The zero-order valence-electron chi connectivity index (χ0n) is 12.2. The Labute approximate surface area is 129 Å². The summed E-state index contributed by atoms with van der Waals surface area (Å²) in [5, 5.41) is 5.29. The van der Waals surface area contributed by atoms with Gasteiger partial charge in [-0.3, -0.25) is 9.69 Å². The van der Waals surface area contributed by atoms with Crippen LogP contribution in [-0.4, -0.2) is 35.4 Å². The molecule has 0 saturated heterocycles. The Kier molecular flexibility index (Phi) is 5.66. The summed E-state index contributed by atoms with van der Waals surface area (Å²) in [6.07, 6.45) is 5.79. The fourth-order valence-corrected chi connectivity index (χ4v) is 2.30. The molecule has 0 saturated carbocycles. The molecule has 21 heavy (non-hydrogen) atoms. The number of amides is 1. The fourth-order valence-electron chi connectivity index (χ4n) is 1.77. The minimum atomic E-state index is -0.214. The molecular formula is C16H19N3OS. The molecule has 0 radical (unpaired) electrons. The van der Waals surface area contributed by atoms with Crippen LogP contribution in [0.5, 0.6) is 0 Å². The number of nitrogens with zero attached hydrogens (tertiary/aromatic N) is 2. The van der Waals surface area contributed by atoms with Crippen LogP contribution in [0.15, 0.2) is 48.0 Å². The van der Waals surface area contributed by atoms with E-state index in [1.165, 1.54) is 11.3 Å². The van der Waals surface area contributed by atoms with Gasteiger partial charge in [0.2, 0.25) is 5.91 Å². The Morgan fingerprint density at radius 3 is 2.86 bits per heavy atom. The van der Waals surface area contributed by atoms with E-state index in [2.05, 4.69) is 34.6 Å². The highest BCUT2D eigenvalue weighted by atomic mass is 32.1. The highest BCUT2D eigenvalue weighted by Crippen LogP contribution is 2.11. The molecule has 1 heterocycles. The Balaban J connectivity index is 1.83. The lowest BCUT2D eigenvalue weighted by Gasteiger charge is -2.21. The highest BCUT2D eigenvalue weighted by Gasteiger charge is 2.17. The van der Waals surface area contributed by atoms with Gasteiger partial charge in [-0.15, -0.1) is 11.3 Å². The first kappa shape index (κ1) is 15.4. The van der Waals surface area contributed by atoms with E-state index < -0.39 is 0 Å². The molecule has 4 nitrogen and oxygen atoms in total. The van der Waals surface area contributed by atoms with Crippen molar-refractivity contribution < 1.29 is 4.79 Å². The number of nitrogens with one attached hydrogen (secondary N) is 1. The molecular weight excluding hydrogens is 282 g/mol. The van der Waals surface area contributed by atoms with Crippen molar-refractivity contribution in [1.29, 1.82) is 0 Å². The van der Waals surface area contributed by atoms with Crippen molar-refractivity contribution in [3.8, 4) is 0 Å². The third-order valence-corrected chi connectivity index (χ3v) is 3.89. The summed E-state index contributed by atoms with van der Waals surface area (Å²) in [5.74, 6) is -0.0411. The summed E-state index contributed by atoms with van der Waals surface area (Å²) in [6.45, 7) is 2.60. The van der Waals surface area contributed by atoms with Gasteiger partial charge in [-0.2, -0.15) is 0 Å². The van der Waals surface area contributed by atoms with Crippen molar-refractivity contribution in [2.45, 2.75) is 13.0 Å².